The summed E-state index contributed by atoms with van der Waals surface area (Å²) in [6.45, 7) is 4.36. The summed E-state index contributed by atoms with van der Waals surface area (Å²) in [5.41, 5.74) is 2.22. The first-order chi connectivity index (χ1) is 8.68. The molecule has 94 valence electrons. The number of aromatic hydroxyl groups is 1. The second-order valence-electron chi connectivity index (χ2n) is 4.53. The number of hydrogen-bond donors (Lipinski definition) is 1. The number of benzene rings is 2. The fourth-order valence-corrected chi connectivity index (χ4v) is 3.15. The van der Waals surface area contributed by atoms with Gasteiger partial charge in [-0.25, -0.2) is 0 Å². The molecule has 0 saturated heterocycles. The highest BCUT2D eigenvalue weighted by Gasteiger charge is 2.18. The molecular formula is C16H18OS. The largest absolute Gasteiger partial charge is 0.508 e. The van der Waals surface area contributed by atoms with Crippen molar-refractivity contribution in [1.29, 1.82) is 0 Å². The average molecular weight is 258 g/mol. The van der Waals surface area contributed by atoms with Gasteiger partial charge in [-0.1, -0.05) is 62.4 Å². The van der Waals surface area contributed by atoms with Gasteiger partial charge >= 0.3 is 0 Å². The molecule has 1 unspecified atom stereocenters. The molecule has 0 aliphatic rings. The summed E-state index contributed by atoms with van der Waals surface area (Å²) in [6, 6.07) is 17.9. The summed E-state index contributed by atoms with van der Waals surface area (Å²) in [5, 5.41) is 10.7. The summed E-state index contributed by atoms with van der Waals surface area (Å²) in [6.07, 6.45) is 0. The maximum Gasteiger partial charge on any atom is 0.120 e. The Morgan fingerprint density at radius 1 is 0.889 bits per heavy atom. The molecule has 0 aliphatic carbocycles. The molecule has 0 amide bonds. The van der Waals surface area contributed by atoms with Gasteiger partial charge in [0.25, 0.3) is 0 Å². The average Bonchev–Trinajstić information content (AvgIpc) is 2.38. The topological polar surface area (TPSA) is 20.2 Å². The Bertz CT molecular complexity index is 493. The molecule has 0 fully saturated rings. The highest BCUT2D eigenvalue weighted by Crippen LogP contribution is 2.41. The first-order valence-corrected chi connectivity index (χ1v) is 7.11. The fourth-order valence-electron chi connectivity index (χ4n) is 1.94. The van der Waals surface area contributed by atoms with E-state index in [0.29, 0.717) is 11.0 Å². The van der Waals surface area contributed by atoms with E-state index < -0.39 is 0 Å². The maximum atomic E-state index is 10.0. The molecule has 2 aromatic carbocycles. The summed E-state index contributed by atoms with van der Waals surface area (Å²) in [5.74, 6) is 0.375. The Hall–Kier alpha value is -1.41. The molecule has 2 heteroatoms. The van der Waals surface area contributed by atoms with E-state index in [-0.39, 0.29) is 5.25 Å². The van der Waals surface area contributed by atoms with Gasteiger partial charge in [-0.05, 0) is 16.9 Å². The number of hydrogen-bond acceptors (Lipinski definition) is 2. The van der Waals surface area contributed by atoms with Crippen molar-refractivity contribution in [2.45, 2.75) is 24.3 Å². The molecule has 18 heavy (non-hydrogen) atoms. The molecule has 0 bridgehead atoms. The highest BCUT2D eigenvalue weighted by atomic mass is 32.2. The van der Waals surface area contributed by atoms with Crippen LogP contribution in [0.2, 0.25) is 0 Å². The fraction of sp³-hybridized carbons (Fsp3) is 0.250. The third kappa shape index (κ3) is 3.08. The van der Waals surface area contributed by atoms with Crippen LogP contribution in [0.1, 0.15) is 30.2 Å². The predicted octanol–water partition coefficient (Wildman–Crippen LogP) is 4.62. The zero-order valence-corrected chi connectivity index (χ0v) is 11.5. The highest BCUT2D eigenvalue weighted by molar-refractivity contribution is 8.00. The van der Waals surface area contributed by atoms with Crippen LogP contribution in [0.25, 0.3) is 0 Å². The van der Waals surface area contributed by atoms with Crippen LogP contribution < -0.4 is 0 Å². The molecule has 2 rings (SSSR count). The minimum atomic E-state index is 0.187. The lowest BCUT2D eigenvalue weighted by atomic mass is 10.0. The number of para-hydroxylation sites is 1. The number of rotatable bonds is 4. The predicted molar refractivity (Wildman–Crippen MR) is 79.1 cm³/mol. The van der Waals surface area contributed by atoms with Crippen molar-refractivity contribution in [2.75, 3.05) is 0 Å². The minimum Gasteiger partial charge on any atom is -0.508 e. The van der Waals surface area contributed by atoms with E-state index in [1.165, 1.54) is 5.56 Å². The molecule has 0 spiro atoms. The lowest BCUT2D eigenvalue weighted by Gasteiger charge is -2.20. The van der Waals surface area contributed by atoms with Crippen molar-refractivity contribution < 1.29 is 5.11 Å². The van der Waals surface area contributed by atoms with Crippen LogP contribution in [0, 0.1) is 0 Å². The maximum absolute atomic E-state index is 10.0. The van der Waals surface area contributed by atoms with Crippen LogP contribution in [-0.2, 0) is 0 Å². The molecule has 0 aliphatic heterocycles. The lowest BCUT2D eigenvalue weighted by molar-refractivity contribution is 0.469. The van der Waals surface area contributed by atoms with E-state index in [1.54, 1.807) is 6.07 Å². The monoisotopic (exact) mass is 258 g/mol. The molecule has 0 saturated carbocycles. The number of phenols is 1. The van der Waals surface area contributed by atoms with E-state index in [2.05, 4.69) is 26.0 Å². The Morgan fingerprint density at radius 3 is 2.11 bits per heavy atom. The van der Waals surface area contributed by atoms with E-state index in [4.69, 9.17) is 0 Å². The van der Waals surface area contributed by atoms with Gasteiger partial charge in [0.05, 0.1) is 5.25 Å². The first-order valence-electron chi connectivity index (χ1n) is 6.17. The van der Waals surface area contributed by atoms with Gasteiger partial charge in [-0.3, -0.25) is 0 Å². The lowest BCUT2D eigenvalue weighted by Crippen LogP contribution is -2.01. The van der Waals surface area contributed by atoms with E-state index in [0.717, 1.165) is 5.56 Å². The van der Waals surface area contributed by atoms with E-state index >= 15 is 0 Å². The van der Waals surface area contributed by atoms with Gasteiger partial charge in [0.15, 0.2) is 0 Å². The van der Waals surface area contributed by atoms with Crippen LogP contribution in [0.3, 0.4) is 0 Å². The third-order valence-electron chi connectivity index (χ3n) is 2.73. The summed E-state index contributed by atoms with van der Waals surface area (Å²) in [7, 11) is 0. The van der Waals surface area contributed by atoms with E-state index in [9.17, 15) is 5.11 Å². The SMILES string of the molecule is CC(C)SC(c1ccccc1)c1ccccc1O. The van der Waals surface area contributed by atoms with Crippen molar-refractivity contribution in [2.24, 2.45) is 0 Å². The summed E-state index contributed by atoms with van der Waals surface area (Å²) < 4.78 is 0. The van der Waals surface area contributed by atoms with Gasteiger partial charge in [0, 0.05) is 5.56 Å². The van der Waals surface area contributed by atoms with Gasteiger partial charge in [0.1, 0.15) is 5.75 Å². The first kappa shape index (κ1) is 13.0. The normalized spacial score (nSPS) is 12.6. The Morgan fingerprint density at radius 2 is 1.50 bits per heavy atom. The van der Waals surface area contributed by atoms with Crippen molar-refractivity contribution >= 4 is 11.8 Å². The molecular weight excluding hydrogens is 240 g/mol. The van der Waals surface area contributed by atoms with Crippen LogP contribution >= 0.6 is 11.8 Å². The van der Waals surface area contributed by atoms with Crippen molar-refractivity contribution in [3.8, 4) is 5.75 Å². The number of phenolic OH excluding ortho intramolecular Hbond substituents is 1. The zero-order chi connectivity index (χ0) is 13.0. The second kappa shape index (κ2) is 5.96. The quantitative estimate of drug-likeness (QED) is 0.863. The van der Waals surface area contributed by atoms with Crippen LogP contribution in [0.5, 0.6) is 5.75 Å². The Balaban J connectivity index is 2.41. The number of thioether (sulfide) groups is 1. The van der Waals surface area contributed by atoms with Crippen LogP contribution in [-0.4, -0.2) is 10.4 Å². The van der Waals surface area contributed by atoms with Crippen LogP contribution in [0.4, 0.5) is 0 Å². The standard InChI is InChI=1S/C16H18OS/c1-12(2)18-16(13-8-4-3-5-9-13)14-10-6-7-11-15(14)17/h3-12,16-17H,1-2H3. The van der Waals surface area contributed by atoms with E-state index in [1.807, 2.05) is 48.2 Å². The van der Waals surface area contributed by atoms with Gasteiger partial charge in [0.2, 0.25) is 0 Å². The molecule has 1 atom stereocenters. The van der Waals surface area contributed by atoms with Crippen molar-refractivity contribution in [1.82, 2.24) is 0 Å². The minimum absolute atomic E-state index is 0.187. The molecule has 1 N–H and O–H groups in total. The second-order valence-corrected chi connectivity index (χ2v) is 6.22. The molecule has 1 nitrogen and oxygen atoms in total. The van der Waals surface area contributed by atoms with Crippen molar-refractivity contribution in [3.63, 3.8) is 0 Å². The summed E-state index contributed by atoms with van der Waals surface area (Å²) in [4.78, 5) is 0. The smallest absolute Gasteiger partial charge is 0.120 e. The van der Waals surface area contributed by atoms with Gasteiger partial charge in [-0.2, -0.15) is 0 Å². The van der Waals surface area contributed by atoms with Crippen LogP contribution in [0.15, 0.2) is 54.6 Å². The zero-order valence-electron chi connectivity index (χ0n) is 10.7. The van der Waals surface area contributed by atoms with Gasteiger partial charge in [-0.15, -0.1) is 11.8 Å². The van der Waals surface area contributed by atoms with Crippen molar-refractivity contribution in [3.05, 3.63) is 65.7 Å². The Kier molecular flexibility index (Phi) is 4.32. The molecule has 0 heterocycles. The molecule has 0 radical (unpaired) electrons. The molecule has 0 aromatic heterocycles. The molecule has 2 aromatic rings. The third-order valence-corrected chi connectivity index (χ3v) is 4.07. The Labute approximate surface area is 113 Å². The summed E-state index contributed by atoms with van der Waals surface area (Å²) >= 11 is 1.86. The van der Waals surface area contributed by atoms with Gasteiger partial charge < -0.3 is 5.11 Å².